The summed E-state index contributed by atoms with van der Waals surface area (Å²) in [6.07, 6.45) is -1.94. The lowest BCUT2D eigenvalue weighted by atomic mass is 9.74. The largest absolute Gasteiger partial charge is 0.459 e. The van der Waals surface area contributed by atoms with Gasteiger partial charge in [0.25, 0.3) is 6.47 Å². The van der Waals surface area contributed by atoms with Gasteiger partial charge in [-0.05, 0) is 0 Å². The molecule has 5 nitrogen and oxygen atoms in total. The predicted octanol–water partition coefficient (Wildman–Crippen LogP) is -1.82. The maximum absolute atomic E-state index is 10.1. The number of fused-ring (bicyclic) bond motifs is 1. The van der Waals surface area contributed by atoms with E-state index in [9.17, 15) is 9.90 Å². The highest BCUT2D eigenvalue weighted by Crippen LogP contribution is 2.36. The van der Waals surface area contributed by atoms with Crippen LogP contribution in [0.1, 0.15) is 0 Å². The van der Waals surface area contributed by atoms with E-state index < -0.39 is 23.8 Å². The highest BCUT2D eigenvalue weighted by molar-refractivity contribution is 6.16. The van der Waals surface area contributed by atoms with Gasteiger partial charge in [-0.1, -0.05) is 0 Å². The molecule has 2 heterocycles. The van der Waals surface area contributed by atoms with Crippen LogP contribution >= 0.6 is 0 Å². The summed E-state index contributed by atoms with van der Waals surface area (Å²) in [6, 6.07) is 0. The molecular formula is C7H9BO5. The molecule has 2 rings (SSSR count). The van der Waals surface area contributed by atoms with E-state index in [-0.39, 0.29) is 13.2 Å². The maximum Gasteiger partial charge on any atom is 0.293 e. The van der Waals surface area contributed by atoms with Crippen LogP contribution in [-0.2, 0) is 19.0 Å². The highest BCUT2D eigenvalue weighted by atomic mass is 16.6. The number of carbonyl (C=O) groups is 1. The molecule has 6 heteroatoms. The molecule has 1 N–H and O–H groups in total. The molecule has 0 aliphatic carbocycles. The number of hydrogen-bond acceptors (Lipinski definition) is 5. The lowest BCUT2D eigenvalue weighted by Crippen LogP contribution is -2.47. The van der Waals surface area contributed by atoms with Crippen molar-refractivity contribution in [1.29, 1.82) is 0 Å². The molecule has 2 saturated heterocycles. The quantitative estimate of drug-likeness (QED) is 0.404. The molecular weight excluding hydrogens is 175 g/mol. The Balaban J connectivity index is 2.13. The van der Waals surface area contributed by atoms with E-state index in [0.717, 1.165) is 0 Å². The Kier molecular flexibility index (Phi) is 2.05. The predicted molar refractivity (Wildman–Crippen MR) is 41.1 cm³/mol. The summed E-state index contributed by atoms with van der Waals surface area (Å²) in [5.74, 6) is 0. The van der Waals surface area contributed by atoms with Crippen LogP contribution < -0.4 is 0 Å². The molecule has 4 atom stereocenters. The third-order valence-corrected chi connectivity index (χ3v) is 2.46. The second-order valence-corrected chi connectivity index (χ2v) is 3.21. The highest BCUT2D eigenvalue weighted by Gasteiger charge is 2.56. The van der Waals surface area contributed by atoms with Crippen molar-refractivity contribution in [2.24, 2.45) is 0 Å². The van der Waals surface area contributed by atoms with Gasteiger partial charge in [-0.15, -0.1) is 0 Å². The molecule has 0 spiro atoms. The van der Waals surface area contributed by atoms with E-state index in [1.807, 2.05) is 0 Å². The van der Waals surface area contributed by atoms with Crippen LogP contribution in [0, 0.1) is 0 Å². The van der Waals surface area contributed by atoms with Gasteiger partial charge in [-0.2, -0.15) is 0 Å². The van der Waals surface area contributed by atoms with Crippen molar-refractivity contribution in [3.63, 3.8) is 0 Å². The normalized spacial score (nSPS) is 48.8. The van der Waals surface area contributed by atoms with Crippen LogP contribution in [0.4, 0.5) is 0 Å². The average molecular weight is 184 g/mol. The van der Waals surface area contributed by atoms with Crippen LogP contribution in [0.15, 0.2) is 0 Å². The first-order valence-corrected chi connectivity index (χ1v) is 4.00. The fraction of sp³-hybridized carbons (Fsp3) is 0.857. The van der Waals surface area contributed by atoms with Gasteiger partial charge >= 0.3 is 0 Å². The van der Waals surface area contributed by atoms with Crippen molar-refractivity contribution in [2.45, 2.75) is 23.8 Å². The van der Waals surface area contributed by atoms with Gasteiger partial charge in [0, 0.05) is 0 Å². The van der Waals surface area contributed by atoms with E-state index in [4.69, 9.17) is 22.1 Å². The first-order valence-electron chi connectivity index (χ1n) is 4.00. The first-order chi connectivity index (χ1) is 6.18. The minimum absolute atomic E-state index is 0.111. The summed E-state index contributed by atoms with van der Waals surface area (Å²) in [4.78, 5) is 10.1. The first kappa shape index (κ1) is 8.99. The molecule has 0 amide bonds. The molecule has 2 radical (unpaired) electrons. The van der Waals surface area contributed by atoms with Gasteiger partial charge < -0.3 is 19.3 Å². The molecule has 2 aliphatic rings. The SMILES string of the molecule is [B][C@]12OCC(OC=O)[C@H]1OCC2O. The molecule has 2 fully saturated rings. The Hall–Kier alpha value is -0.585. The second-order valence-electron chi connectivity index (χ2n) is 3.21. The molecule has 13 heavy (non-hydrogen) atoms. The van der Waals surface area contributed by atoms with Crippen LogP contribution in [0.2, 0.25) is 0 Å². The van der Waals surface area contributed by atoms with Gasteiger partial charge in [0.15, 0.2) is 6.10 Å². The van der Waals surface area contributed by atoms with E-state index >= 15 is 0 Å². The molecule has 0 saturated carbocycles. The Labute approximate surface area is 76.4 Å². The Morgan fingerprint density at radius 1 is 1.62 bits per heavy atom. The topological polar surface area (TPSA) is 65.0 Å². The zero-order valence-corrected chi connectivity index (χ0v) is 6.88. The summed E-state index contributed by atoms with van der Waals surface area (Å²) in [5, 5.41) is 9.43. The van der Waals surface area contributed by atoms with Crippen molar-refractivity contribution in [1.82, 2.24) is 0 Å². The number of aliphatic hydroxyl groups excluding tert-OH is 1. The minimum Gasteiger partial charge on any atom is -0.459 e. The van der Waals surface area contributed by atoms with Gasteiger partial charge in [0.1, 0.15) is 20.1 Å². The Bertz CT molecular complexity index is 223. The van der Waals surface area contributed by atoms with Crippen LogP contribution in [0.3, 0.4) is 0 Å². The lowest BCUT2D eigenvalue weighted by Gasteiger charge is -2.25. The van der Waals surface area contributed by atoms with E-state index in [1.54, 1.807) is 0 Å². The minimum atomic E-state index is -1.21. The molecule has 2 aliphatic heterocycles. The summed E-state index contributed by atoms with van der Waals surface area (Å²) in [6.45, 7) is 0.602. The summed E-state index contributed by atoms with van der Waals surface area (Å²) in [7, 11) is 5.74. The zero-order valence-electron chi connectivity index (χ0n) is 6.88. The molecule has 0 aromatic heterocycles. The number of rotatable bonds is 2. The molecule has 0 bridgehead atoms. The smallest absolute Gasteiger partial charge is 0.293 e. The number of ether oxygens (including phenoxy) is 3. The third kappa shape index (κ3) is 1.17. The fourth-order valence-corrected chi connectivity index (χ4v) is 1.72. The number of aliphatic hydroxyl groups is 1. The lowest BCUT2D eigenvalue weighted by molar-refractivity contribution is -0.138. The van der Waals surface area contributed by atoms with Crippen molar-refractivity contribution >= 4 is 14.3 Å². The third-order valence-electron chi connectivity index (χ3n) is 2.46. The summed E-state index contributed by atoms with van der Waals surface area (Å²) in [5.41, 5.74) is -1.21. The molecule has 0 aromatic carbocycles. The van der Waals surface area contributed by atoms with Crippen molar-refractivity contribution in [3.05, 3.63) is 0 Å². The molecule has 0 aromatic rings. The van der Waals surface area contributed by atoms with E-state index in [2.05, 4.69) is 0 Å². The molecule has 70 valence electrons. The Morgan fingerprint density at radius 3 is 3.08 bits per heavy atom. The van der Waals surface area contributed by atoms with E-state index in [0.29, 0.717) is 6.47 Å². The Morgan fingerprint density at radius 2 is 2.38 bits per heavy atom. The van der Waals surface area contributed by atoms with Gasteiger partial charge in [0.05, 0.1) is 18.7 Å². The summed E-state index contributed by atoms with van der Waals surface area (Å²) >= 11 is 0. The van der Waals surface area contributed by atoms with Crippen LogP contribution in [0.5, 0.6) is 0 Å². The fourth-order valence-electron chi connectivity index (χ4n) is 1.72. The average Bonchev–Trinajstić information content (AvgIpc) is 2.55. The number of hydrogen-bond donors (Lipinski definition) is 1. The standard InChI is InChI=1S/C7H9BO5/c8-7-5(10)2-11-6(7)4(1-13-7)12-3-9/h3-6,10H,1-2H2/t4?,5?,6-,7-/m1/s1. The van der Waals surface area contributed by atoms with Gasteiger partial charge in [-0.3, -0.25) is 4.79 Å². The van der Waals surface area contributed by atoms with Crippen LogP contribution in [0.25, 0.3) is 0 Å². The van der Waals surface area contributed by atoms with Crippen molar-refractivity contribution in [3.8, 4) is 0 Å². The van der Waals surface area contributed by atoms with Crippen molar-refractivity contribution < 1.29 is 24.1 Å². The maximum atomic E-state index is 10.1. The van der Waals surface area contributed by atoms with Gasteiger partial charge in [-0.25, -0.2) is 0 Å². The zero-order chi connectivity index (χ0) is 9.47. The number of carbonyl (C=O) groups excluding carboxylic acids is 1. The van der Waals surface area contributed by atoms with E-state index in [1.165, 1.54) is 0 Å². The van der Waals surface area contributed by atoms with Gasteiger partial charge in [0.2, 0.25) is 0 Å². The molecule has 2 unspecified atom stereocenters. The monoisotopic (exact) mass is 184 g/mol. The van der Waals surface area contributed by atoms with Crippen molar-refractivity contribution in [2.75, 3.05) is 13.2 Å². The second kappa shape index (κ2) is 2.97. The summed E-state index contributed by atoms with van der Waals surface area (Å²) < 4.78 is 15.0. The van der Waals surface area contributed by atoms with Crippen LogP contribution in [-0.4, -0.2) is 56.5 Å².